The zero-order valence-corrected chi connectivity index (χ0v) is 7.95. The Morgan fingerprint density at radius 1 is 1.54 bits per heavy atom. The van der Waals surface area contributed by atoms with Crippen LogP contribution in [0.3, 0.4) is 0 Å². The molecule has 0 spiro atoms. The highest BCUT2D eigenvalue weighted by molar-refractivity contribution is 5.02. The molecule has 2 heterocycles. The molecule has 0 amide bonds. The first-order valence-corrected chi connectivity index (χ1v) is 4.84. The van der Waals surface area contributed by atoms with E-state index in [0.717, 1.165) is 18.2 Å². The lowest BCUT2D eigenvalue weighted by atomic mass is 9.96. The molecule has 1 aliphatic rings. The van der Waals surface area contributed by atoms with Gasteiger partial charge >= 0.3 is 0 Å². The normalized spacial score (nSPS) is 17.0. The molecule has 1 aliphatic heterocycles. The average molecular weight is 177 g/mol. The van der Waals surface area contributed by atoms with E-state index in [-0.39, 0.29) is 0 Å². The molecular weight excluding hydrogens is 162 g/mol. The number of nitrogens with zero attached hydrogens (tertiary/aromatic N) is 2. The van der Waals surface area contributed by atoms with E-state index in [1.54, 1.807) is 0 Å². The topological polar surface area (TPSA) is 37.8 Å². The summed E-state index contributed by atoms with van der Waals surface area (Å²) in [4.78, 5) is 8.45. The van der Waals surface area contributed by atoms with Crippen molar-refractivity contribution in [3.63, 3.8) is 0 Å². The van der Waals surface area contributed by atoms with Gasteiger partial charge in [0.1, 0.15) is 5.82 Å². The molecule has 13 heavy (non-hydrogen) atoms. The van der Waals surface area contributed by atoms with Gasteiger partial charge in [-0.05, 0) is 44.8 Å². The van der Waals surface area contributed by atoms with Crippen molar-refractivity contribution in [2.75, 3.05) is 13.1 Å². The van der Waals surface area contributed by atoms with E-state index in [2.05, 4.69) is 15.3 Å². The highest BCUT2D eigenvalue weighted by Gasteiger charge is 2.16. The maximum atomic E-state index is 4.37. The number of aromatic nitrogens is 2. The highest BCUT2D eigenvalue weighted by Crippen LogP contribution is 2.11. The Hall–Kier alpha value is -0.960. The maximum absolute atomic E-state index is 4.37. The zero-order chi connectivity index (χ0) is 9.10. The van der Waals surface area contributed by atoms with Gasteiger partial charge in [-0.1, -0.05) is 0 Å². The first-order valence-electron chi connectivity index (χ1n) is 4.84. The molecule has 0 bridgehead atoms. The van der Waals surface area contributed by atoms with Gasteiger partial charge < -0.3 is 5.32 Å². The molecule has 0 aromatic carbocycles. The van der Waals surface area contributed by atoms with Crippen molar-refractivity contribution in [2.45, 2.75) is 19.8 Å². The van der Waals surface area contributed by atoms with Crippen LogP contribution in [0.5, 0.6) is 0 Å². The Balaban J connectivity index is 1.86. The summed E-state index contributed by atoms with van der Waals surface area (Å²) in [5.41, 5.74) is 1.18. The fourth-order valence-electron chi connectivity index (χ4n) is 1.55. The smallest absolute Gasteiger partial charge is 0.125 e. The third-order valence-electron chi connectivity index (χ3n) is 2.51. The second-order valence-corrected chi connectivity index (χ2v) is 3.66. The molecular formula is C10H15N3. The second kappa shape index (κ2) is 3.83. The largest absolute Gasteiger partial charge is 0.316 e. The minimum absolute atomic E-state index is 0.871. The lowest BCUT2D eigenvalue weighted by molar-refractivity contribution is 0.327. The van der Waals surface area contributed by atoms with Gasteiger partial charge in [-0.25, -0.2) is 9.97 Å². The van der Waals surface area contributed by atoms with Gasteiger partial charge in [-0.3, -0.25) is 0 Å². The van der Waals surface area contributed by atoms with Gasteiger partial charge in [-0.2, -0.15) is 0 Å². The second-order valence-electron chi connectivity index (χ2n) is 3.66. The minimum Gasteiger partial charge on any atom is -0.316 e. The van der Waals surface area contributed by atoms with Gasteiger partial charge in [0.05, 0.1) is 0 Å². The van der Waals surface area contributed by atoms with Gasteiger partial charge in [0, 0.05) is 11.9 Å². The van der Waals surface area contributed by atoms with Crippen LogP contribution in [0, 0.1) is 12.8 Å². The molecule has 70 valence electrons. The summed E-state index contributed by atoms with van der Waals surface area (Å²) in [5, 5.41) is 3.28. The van der Waals surface area contributed by atoms with E-state index in [1.807, 2.05) is 19.2 Å². The lowest BCUT2D eigenvalue weighted by Gasteiger charge is -2.26. The highest BCUT2D eigenvalue weighted by atomic mass is 14.9. The number of hydrogen-bond donors (Lipinski definition) is 1. The van der Waals surface area contributed by atoms with Crippen LogP contribution >= 0.6 is 0 Å². The fourth-order valence-corrected chi connectivity index (χ4v) is 1.55. The standard InChI is InChI=1S/C10H15N3/c1-8-12-5-4-10(13-8)3-2-9-6-11-7-9/h4-5,9,11H,2-3,6-7H2,1H3. The molecule has 0 radical (unpaired) electrons. The SMILES string of the molecule is Cc1nccc(CCC2CNC2)n1. The van der Waals surface area contributed by atoms with Crippen molar-refractivity contribution in [1.29, 1.82) is 0 Å². The van der Waals surface area contributed by atoms with Crippen LogP contribution in [0.1, 0.15) is 17.9 Å². The molecule has 0 aliphatic carbocycles. The first-order chi connectivity index (χ1) is 6.34. The number of aryl methyl sites for hydroxylation is 2. The summed E-state index contributed by atoms with van der Waals surface area (Å²) >= 11 is 0. The van der Waals surface area contributed by atoms with E-state index in [1.165, 1.54) is 25.2 Å². The van der Waals surface area contributed by atoms with Crippen LogP contribution < -0.4 is 5.32 Å². The number of hydrogen-bond acceptors (Lipinski definition) is 3. The molecule has 0 saturated carbocycles. The van der Waals surface area contributed by atoms with E-state index < -0.39 is 0 Å². The molecule has 0 atom stereocenters. The van der Waals surface area contributed by atoms with E-state index in [9.17, 15) is 0 Å². The molecule has 3 heteroatoms. The van der Waals surface area contributed by atoms with Gasteiger partial charge in [0.25, 0.3) is 0 Å². The summed E-state index contributed by atoms with van der Waals surface area (Å²) in [7, 11) is 0. The van der Waals surface area contributed by atoms with Crippen molar-refractivity contribution in [1.82, 2.24) is 15.3 Å². The summed E-state index contributed by atoms with van der Waals surface area (Å²) < 4.78 is 0. The number of rotatable bonds is 3. The Morgan fingerprint density at radius 3 is 3.00 bits per heavy atom. The van der Waals surface area contributed by atoms with E-state index >= 15 is 0 Å². The monoisotopic (exact) mass is 177 g/mol. The Labute approximate surface area is 78.6 Å². The van der Waals surface area contributed by atoms with Crippen LogP contribution in [0.15, 0.2) is 12.3 Å². The predicted octanol–water partition coefficient (Wildman–Crippen LogP) is 0.937. The first kappa shape index (κ1) is 8.63. The molecule has 3 nitrogen and oxygen atoms in total. The third kappa shape index (κ3) is 2.25. The molecule has 1 aromatic rings. The zero-order valence-electron chi connectivity index (χ0n) is 7.95. The summed E-state index contributed by atoms with van der Waals surface area (Å²) in [6, 6.07) is 2.01. The van der Waals surface area contributed by atoms with Gasteiger partial charge in [0.15, 0.2) is 0 Å². The van der Waals surface area contributed by atoms with Crippen LogP contribution in [-0.2, 0) is 6.42 Å². The average Bonchev–Trinajstić information content (AvgIpc) is 2.01. The molecule has 0 unspecified atom stereocenters. The van der Waals surface area contributed by atoms with Crippen molar-refractivity contribution in [3.8, 4) is 0 Å². The third-order valence-corrected chi connectivity index (χ3v) is 2.51. The summed E-state index contributed by atoms with van der Waals surface area (Å²) in [6.07, 6.45) is 4.19. The van der Waals surface area contributed by atoms with Crippen molar-refractivity contribution < 1.29 is 0 Å². The van der Waals surface area contributed by atoms with Crippen molar-refractivity contribution >= 4 is 0 Å². The lowest BCUT2D eigenvalue weighted by Crippen LogP contribution is -2.42. The molecule has 1 saturated heterocycles. The molecule has 1 fully saturated rings. The molecule has 1 N–H and O–H groups in total. The molecule has 1 aromatic heterocycles. The van der Waals surface area contributed by atoms with E-state index in [4.69, 9.17) is 0 Å². The van der Waals surface area contributed by atoms with Gasteiger partial charge in [0.2, 0.25) is 0 Å². The maximum Gasteiger partial charge on any atom is 0.125 e. The van der Waals surface area contributed by atoms with Crippen LogP contribution in [0.2, 0.25) is 0 Å². The quantitative estimate of drug-likeness (QED) is 0.746. The Morgan fingerprint density at radius 2 is 2.38 bits per heavy atom. The fraction of sp³-hybridized carbons (Fsp3) is 0.600. The minimum atomic E-state index is 0.871. The van der Waals surface area contributed by atoms with Crippen LogP contribution in [0.25, 0.3) is 0 Å². The van der Waals surface area contributed by atoms with Crippen molar-refractivity contribution in [2.24, 2.45) is 5.92 Å². The number of nitrogens with one attached hydrogen (secondary N) is 1. The molecule has 2 rings (SSSR count). The van der Waals surface area contributed by atoms with Gasteiger partial charge in [-0.15, -0.1) is 0 Å². The summed E-state index contributed by atoms with van der Waals surface area (Å²) in [6.45, 7) is 4.31. The van der Waals surface area contributed by atoms with E-state index in [0.29, 0.717) is 0 Å². The Bertz CT molecular complexity index is 281. The van der Waals surface area contributed by atoms with Crippen LogP contribution in [0.4, 0.5) is 0 Å². The van der Waals surface area contributed by atoms with Crippen LogP contribution in [-0.4, -0.2) is 23.1 Å². The summed E-state index contributed by atoms with van der Waals surface area (Å²) in [5.74, 6) is 1.75. The van der Waals surface area contributed by atoms with Crippen molar-refractivity contribution in [3.05, 3.63) is 23.8 Å². The Kier molecular flexibility index (Phi) is 2.54. The predicted molar refractivity (Wildman–Crippen MR) is 51.4 cm³/mol.